The quantitative estimate of drug-likeness (QED) is 0.508. The zero-order chi connectivity index (χ0) is 16.5. The van der Waals surface area contributed by atoms with Crippen LogP contribution in [0.1, 0.15) is 10.4 Å². The number of hydrogen-bond donors (Lipinski definition) is 1. The van der Waals surface area contributed by atoms with Gasteiger partial charge in [-0.2, -0.15) is 0 Å². The lowest BCUT2D eigenvalue weighted by Crippen LogP contribution is -2.12. The maximum Gasteiger partial charge on any atom is 0.256 e. The first-order valence-electron chi connectivity index (χ1n) is 7.56. The molecule has 4 heteroatoms. The van der Waals surface area contributed by atoms with E-state index in [1.54, 1.807) is 6.20 Å². The third-order valence-corrected chi connectivity index (χ3v) is 4.70. The van der Waals surface area contributed by atoms with Crippen molar-refractivity contribution in [2.24, 2.45) is 0 Å². The molecule has 0 radical (unpaired) electrons. The van der Waals surface area contributed by atoms with Gasteiger partial charge in [0.25, 0.3) is 5.91 Å². The Kier molecular flexibility index (Phi) is 3.75. The van der Waals surface area contributed by atoms with Crippen molar-refractivity contribution in [3.63, 3.8) is 0 Å². The summed E-state index contributed by atoms with van der Waals surface area (Å²) in [6.45, 7) is 0. The lowest BCUT2D eigenvalue weighted by atomic mass is 10.0. The van der Waals surface area contributed by atoms with Gasteiger partial charge in [-0.15, -0.1) is 0 Å². The molecule has 4 aromatic rings. The predicted octanol–water partition coefficient (Wildman–Crippen LogP) is 5.40. The van der Waals surface area contributed by atoms with Gasteiger partial charge in [-0.1, -0.05) is 46.3 Å². The highest BCUT2D eigenvalue weighted by Gasteiger charge is 2.12. The van der Waals surface area contributed by atoms with Crippen LogP contribution in [0.3, 0.4) is 0 Å². The van der Waals surface area contributed by atoms with Gasteiger partial charge in [-0.05, 0) is 47.2 Å². The number of benzene rings is 3. The maximum absolute atomic E-state index is 12.8. The van der Waals surface area contributed by atoms with Gasteiger partial charge in [0.05, 0.1) is 11.2 Å². The fourth-order valence-corrected chi connectivity index (χ4v) is 3.37. The van der Waals surface area contributed by atoms with Crippen LogP contribution in [0.5, 0.6) is 0 Å². The number of pyridine rings is 1. The van der Waals surface area contributed by atoms with Gasteiger partial charge in [-0.25, -0.2) is 0 Å². The van der Waals surface area contributed by atoms with E-state index in [0.717, 1.165) is 31.8 Å². The summed E-state index contributed by atoms with van der Waals surface area (Å²) >= 11 is 3.54. The second-order valence-electron chi connectivity index (χ2n) is 5.47. The molecule has 24 heavy (non-hydrogen) atoms. The number of aromatic nitrogens is 1. The number of amides is 1. The van der Waals surface area contributed by atoms with Crippen LogP contribution in [0.2, 0.25) is 0 Å². The fourth-order valence-electron chi connectivity index (χ4n) is 2.87. The molecule has 4 rings (SSSR count). The number of carbonyl (C=O) groups excluding carboxylic acids is 1. The van der Waals surface area contributed by atoms with Crippen LogP contribution in [0.15, 0.2) is 77.4 Å². The first-order valence-corrected chi connectivity index (χ1v) is 8.36. The zero-order valence-corrected chi connectivity index (χ0v) is 14.2. The minimum atomic E-state index is -0.130. The third kappa shape index (κ3) is 2.55. The minimum Gasteiger partial charge on any atom is -0.321 e. The number of halogens is 1. The number of nitrogens with one attached hydrogen (secondary N) is 1. The Labute approximate surface area is 147 Å². The number of anilines is 1. The summed E-state index contributed by atoms with van der Waals surface area (Å²) < 4.78 is 0.976. The Morgan fingerprint density at radius 3 is 2.50 bits per heavy atom. The molecular formula is C20H13BrN2O. The highest BCUT2D eigenvalue weighted by atomic mass is 79.9. The normalized spacial score (nSPS) is 10.9. The van der Waals surface area contributed by atoms with E-state index in [4.69, 9.17) is 0 Å². The SMILES string of the molecule is O=C(Nc1cccc2ncccc12)c1cccc2c(Br)cccc12. The smallest absolute Gasteiger partial charge is 0.256 e. The molecule has 0 atom stereocenters. The molecule has 0 bridgehead atoms. The van der Waals surface area contributed by atoms with E-state index in [1.165, 1.54) is 0 Å². The van der Waals surface area contributed by atoms with Crippen LogP contribution < -0.4 is 5.32 Å². The minimum absolute atomic E-state index is 0.130. The Hall–Kier alpha value is -2.72. The molecule has 116 valence electrons. The lowest BCUT2D eigenvalue weighted by Gasteiger charge is -2.10. The van der Waals surface area contributed by atoms with Gasteiger partial charge < -0.3 is 5.32 Å². The highest BCUT2D eigenvalue weighted by Crippen LogP contribution is 2.28. The number of fused-ring (bicyclic) bond motifs is 2. The van der Waals surface area contributed by atoms with Crippen molar-refractivity contribution in [1.82, 2.24) is 4.98 Å². The number of carbonyl (C=O) groups is 1. The van der Waals surface area contributed by atoms with Crippen molar-refractivity contribution in [2.75, 3.05) is 5.32 Å². The molecule has 1 amide bonds. The molecule has 3 nitrogen and oxygen atoms in total. The summed E-state index contributed by atoms with van der Waals surface area (Å²) in [5.74, 6) is -0.130. The van der Waals surface area contributed by atoms with Gasteiger partial charge in [0.2, 0.25) is 0 Å². The first kappa shape index (κ1) is 14.8. The Morgan fingerprint density at radius 2 is 1.58 bits per heavy atom. The second kappa shape index (κ2) is 6.06. The van der Waals surface area contributed by atoms with Crippen LogP contribution in [0, 0.1) is 0 Å². The Bertz CT molecular complexity index is 1070. The van der Waals surface area contributed by atoms with Gasteiger partial charge in [-0.3, -0.25) is 9.78 Å². The van der Waals surface area contributed by atoms with Crippen LogP contribution in [0.4, 0.5) is 5.69 Å². The molecular weight excluding hydrogens is 364 g/mol. The molecule has 0 unspecified atom stereocenters. The van der Waals surface area contributed by atoms with Crippen molar-refractivity contribution in [2.45, 2.75) is 0 Å². The van der Waals surface area contributed by atoms with E-state index in [9.17, 15) is 4.79 Å². The van der Waals surface area contributed by atoms with E-state index >= 15 is 0 Å². The first-order chi connectivity index (χ1) is 11.7. The van der Waals surface area contributed by atoms with Gasteiger partial charge in [0.15, 0.2) is 0 Å². The van der Waals surface area contributed by atoms with Crippen LogP contribution >= 0.6 is 15.9 Å². The molecule has 0 aliphatic carbocycles. The topological polar surface area (TPSA) is 42.0 Å². The molecule has 1 heterocycles. The molecule has 0 spiro atoms. The molecule has 0 aliphatic rings. The van der Waals surface area contributed by atoms with Gasteiger partial charge >= 0.3 is 0 Å². The summed E-state index contributed by atoms with van der Waals surface area (Å²) in [4.78, 5) is 17.2. The number of nitrogens with zero attached hydrogens (tertiary/aromatic N) is 1. The van der Waals surface area contributed by atoms with Crippen molar-refractivity contribution < 1.29 is 4.79 Å². The van der Waals surface area contributed by atoms with Crippen LogP contribution in [-0.4, -0.2) is 10.9 Å². The van der Waals surface area contributed by atoms with Gasteiger partial charge in [0.1, 0.15) is 0 Å². The van der Waals surface area contributed by atoms with E-state index in [2.05, 4.69) is 26.2 Å². The van der Waals surface area contributed by atoms with Crippen molar-refractivity contribution in [1.29, 1.82) is 0 Å². The third-order valence-electron chi connectivity index (χ3n) is 4.01. The van der Waals surface area contributed by atoms with Crippen molar-refractivity contribution >= 4 is 49.2 Å². The molecule has 0 aliphatic heterocycles. The van der Waals surface area contributed by atoms with E-state index in [-0.39, 0.29) is 5.91 Å². The largest absolute Gasteiger partial charge is 0.321 e. The van der Waals surface area contributed by atoms with Crippen LogP contribution in [-0.2, 0) is 0 Å². The van der Waals surface area contributed by atoms with Crippen molar-refractivity contribution in [3.05, 3.63) is 83.0 Å². The molecule has 3 aromatic carbocycles. The summed E-state index contributed by atoms with van der Waals surface area (Å²) in [5, 5.41) is 5.88. The van der Waals surface area contributed by atoms with E-state index < -0.39 is 0 Å². The highest BCUT2D eigenvalue weighted by molar-refractivity contribution is 9.10. The molecule has 0 saturated heterocycles. The summed E-state index contributed by atoms with van der Waals surface area (Å²) in [7, 11) is 0. The van der Waals surface area contributed by atoms with Crippen molar-refractivity contribution in [3.8, 4) is 0 Å². The lowest BCUT2D eigenvalue weighted by molar-refractivity contribution is 0.102. The molecule has 0 fully saturated rings. The average molecular weight is 377 g/mol. The number of hydrogen-bond acceptors (Lipinski definition) is 2. The Morgan fingerprint density at radius 1 is 0.833 bits per heavy atom. The standard InChI is InChI=1S/C20H13BrN2O/c21-17-9-2-5-13-14(17)6-1-7-15(13)20(24)23-19-11-3-10-18-16(19)8-4-12-22-18/h1-12H,(H,23,24). The second-order valence-corrected chi connectivity index (χ2v) is 6.32. The maximum atomic E-state index is 12.8. The fraction of sp³-hybridized carbons (Fsp3) is 0. The number of rotatable bonds is 2. The predicted molar refractivity (Wildman–Crippen MR) is 101 cm³/mol. The summed E-state index contributed by atoms with van der Waals surface area (Å²) in [6, 6.07) is 21.1. The summed E-state index contributed by atoms with van der Waals surface area (Å²) in [5.41, 5.74) is 2.27. The van der Waals surface area contributed by atoms with E-state index in [0.29, 0.717) is 5.56 Å². The van der Waals surface area contributed by atoms with Gasteiger partial charge in [0, 0.05) is 21.6 Å². The molecule has 1 N–H and O–H groups in total. The summed E-state index contributed by atoms with van der Waals surface area (Å²) in [6.07, 6.45) is 1.75. The van der Waals surface area contributed by atoms with E-state index in [1.807, 2.05) is 66.7 Å². The molecule has 0 saturated carbocycles. The average Bonchev–Trinajstić information content (AvgIpc) is 2.62. The molecule has 1 aromatic heterocycles. The Balaban J connectivity index is 1.79. The monoisotopic (exact) mass is 376 g/mol. The van der Waals surface area contributed by atoms with Crippen LogP contribution in [0.25, 0.3) is 21.7 Å². The zero-order valence-electron chi connectivity index (χ0n) is 12.7.